The molecule has 0 spiro atoms. The summed E-state index contributed by atoms with van der Waals surface area (Å²) in [5.41, 5.74) is 0.537. The number of allylic oxidation sites excluding steroid dienone is 1. The average molecular weight is 409 g/mol. The molecule has 0 N–H and O–H groups in total. The van der Waals surface area contributed by atoms with Gasteiger partial charge in [0.25, 0.3) is 0 Å². The van der Waals surface area contributed by atoms with Crippen LogP contribution in [0, 0.1) is 16.7 Å². The molecule has 2 bridgehead atoms. The van der Waals surface area contributed by atoms with Gasteiger partial charge in [-0.25, -0.2) is 0 Å². The van der Waals surface area contributed by atoms with Crippen molar-refractivity contribution in [2.24, 2.45) is 16.7 Å². The van der Waals surface area contributed by atoms with Gasteiger partial charge in [-0.2, -0.15) is 0 Å². The topological polar surface area (TPSA) is 35.5 Å². The summed E-state index contributed by atoms with van der Waals surface area (Å²) in [6.07, 6.45) is 3.78. The number of carbonyl (C=O) groups is 1. The number of ketones is 1. The van der Waals surface area contributed by atoms with E-state index in [4.69, 9.17) is 9.47 Å². The number of rotatable bonds is 7. The highest BCUT2D eigenvalue weighted by Gasteiger charge is 2.68. The average Bonchev–Trinajstić information content (AvgIpc) is 3.08. The standard InChI is InChI=1S/C25H28O3S/c1-24(2)21-13-14-25(24,15-16-29-20-7-5-4-6-8-20)23(26)22(21)28-17-18-9-11-19(27-3)12-10-18/h4-12,15-16,21-22H,13-14,17H2,1-3H3/b16-15+. The number of methoxy groups -OCH3 is 1. The fourth-order valence-corrected chi connectivity index (χ4v) is 5.78. The van der Waals surface area contributed by atoms with Crippen LogP contribution in [0.25, 0.3) is 0 Å². The van der Waals surface area contributed by atoms with Crippen LogP contribution in [0.2, 0.25) is 0 Å². The Hall–Kier alpha value is -2.04. The van der Waals surface area contributed by atoms with E-state index in [-0.39, 0.29) is 23.2 Å². The smallest absolute Gasteiger partial charge is 0.172 e. The Bertz CT molecular complexity index is 888. The molecule has 4 rings (SSSR count). The van der Waals surface area contributed by atoms with E-state index in [2.05, 4.69) is 37.5 Å². The van der Waals surface area contributed by atoms with Gasteiger partial charge in [0.2, 0.25) is 0 Å². The Morgan fingerprint density at radius 3 is 2.52 bits per heavy atom. The molecule has 2 aliphatic rings. The highest BCUT2D eigenvalue weighted by atomic mass is 32.2. The first-order valence-electron chi connectivity index (χ1n) is 10.2. The van der Waals surface area contributed by atoms with E-state index in [1.807, 2.05) is 42.5 Å². The van der Waals surface area contributed by atoms with Crippen LogP contribution in [0.15, 0.2) is 71.0 Å². The van der Waals surface area contributed by atoms with Crippen molar-refractivity contribution in [1.82, 2.24) is 0 Å². The predicted molar refractivity (Wildman–Crippen MR) is 117 cm³/mol. The molecular weight excluding hydrogens is 380 g/mol. The molecule has 0 amide bonds. The first-order chi connectivity index (χ1) is 14.0. The lowest BCUT2D eigenvalue weighted by Gasteiger charge is -2.33. The van der Waals surface area contributed by atoms with Crippen molar-refractivity contribution in [2.45, 2.75) is 44.3 Å². The van der Waals surface area contributed by atoms with Gasteiger partial charge >= 0.3 is 0 Å². The summed E-state index contributed by atoms with van der Waals surface area (Å²) in [4.78, 5) is 14.6. The van der Waals surface area contributed by atoms with Gasteiger partial charge in [-0.1, -0.05) is 62.0 Å². The van der Waals surface area contributed by atoms with Crippen molar-refractivity contribution in [2.75, 3.05) is 7.11 Å². The van der Waals surface area contributed by atoms with Gasteiger partial charge in [-0.3, -0.25) is 4.79 Å². The minimum absolute atomic E-state index is 0.0948. The summed E-state index contributed by atoms with van der Waals surface area (Å²) in [6, 6.07) is 18.1. The number of hydrogen-bond donors (Lipinski definition) is 0. The van der Waals surface area contributed by atoms with E-state index in [1.165, 1.54) is 4.90 Å². The third-order valence-corrected chi connectivity index (χ3v) is 7.69. The van der Waals surface area contributed by atoms with Crippen LogP contribution in [-0.4, -0.2) is 19.0 Å². The molecule has 0 radical (unpaired) electrons. The predicted octanol–water partition coefficient (Wildman–Crippen LogP) is 5.89. The van der Waals surface area contributed by atoms with Gasteiger partial charge < -0.3 is 9.47 Å². The van der Waals surface area contributed by atoms with Gasteiger partial charge in [0.1, 0.15) is 11.9 Å². The zero-order valence-corrected chi connectivity index (χ0v) is 18.1. The number of fused-ring (bicyclic) bond motifs is 2. The largest absolute Gasteiger partial charge is 0.497 e. The normalized spacial score (nSPS) is 27.6. The second-order valence-electron chi connectivity index (χ2n) is 8.52. The zero-order chi connectivity index (χ0) is 20.5. The van der Waals surface area contributed by atoms with Crippen molar-refractivity contribution >= 4 is 17.5 Å². The van der Waals surface area contributed by atoms with Crippen molar-refractivity contribution in [3.8, 4) is 5.75 Å². The van der Waals surface area contributed by atoms with Crippen molar-refractivity contribution < 1.29 is 14.3 Å². The molecule has 152 valence electrons. The maximum absolute atomic E-state index is 13.5. The first-order valence-corrected chi connectivity index (χ1v) is 11.0. The molecule has 3 atom stereocenters. The monoisotopic (exact) mass is 408 g/mol. The Labute approximate surface area is 177 Å². The molecule has 3 nitrogen and oxygen atoms in total. The molecule has 29 heavy (non-hydrogen) atoms. The fraction of sp³-hybridized carbons (Fsp3) is 0.400. The Kier molecular flexibility index (Phi) is 5.58. The van der Waals surface area contributed by atoms with Crippen LogP contribution in [0.1, 0.15) is 32.3 Å². The maximum Gasteiger partial charge on any atom is 0.172 e. The first kappa shape index (κ1) is 20.2. The minimum Gasteiger partial charge on any atom is -0.497 e. The molecule has 2 fully saturated rings. The molecule has 0 saturated heterocycles. The highest BCUT2D eigenvalue weighted by Crippen LogP contribution is 2.65. The van der Waals surface area contributed by atoms with Crippen molar-refractivity contribution in [3.05, 3.63) is 71.6 Å². The van der Waals surface area contributed by atoms with Crippen molar-refractivity contribution in [3.63, 3.8) is 0 Å². The molecule has 3 unspecified atom stereocenters. The van der Waals surface area contributed by atoms with E-state index in [0.29, 0.717) is 6.61 Å². The second kappa shape index (κ2) is 8.00. The minimum atomic E-state index is -0.427. The Morgan fingerprint density at radius 1 is 1.10 bits per heavy atom. The molecule has 4 heteroatoms. The summed E-state index contributed by atoms with van der Waals surface area (Å²) < 4.78 is 11.4. The molecule has 0 heterocycles. The lowest BCUT2D eigenvalue weighted by Crippen LogP contribution is -2.37. The molecule has 2 aromatic carbocycles. The number of hydrogen-bond acceptors (Lipinski definition) is 4. The third kappa shape index (κ3) is 3.53. The lowest BCUT2D eigenvalue weighted by molar-refractivity contribution is -0.138. The summed E-state index contributed by atoms with van der Waals surface area (Å²) >= 11 is 1.67. The van der Waals surface area contributed by atoms with Crippen LogP contribution in [0.5, 0.6) is 5.75 Å². The quantitative estimate of drug-likeness (QED) is 0.535. The van der Waals surface area contributed by atoms with Gasteiger partial charge in [0.05, 0.1) is 19.1 Å². The van der Waals surface area contributed by atoms with E-state index in [0.717, 1.165) is 24.2 Å². The number of carbonyl (C=O) groups excluding carboxylic acids is 1. The van der Waals surface area contributed by atoms with Crippen LogP contribution in [-0.2, 0) is 16.1 Å². The lowest BCUT2D eigenvalue weighted by atomic mass is 9.69. The van der Waals surface area contributed by atoms with E-state index >= 15 is 0 Å². The maximum atomic E-state index is 13.5. The number of Topliss-reactive ketones (excluding diaryl/α,β-unsaturated/α-hetero) is 1. The number of benzene rings is 2. The molecule has 0 aromatic heterocycles. The second-order valence-corrected chi connectivity index (χ2v) is 9.50. The van der Waals surface area contributed by atoms with Crippen LogP contribution in [0.3, 0.4) is 0 Å². The third-order valence-electron chi connectivity index (χ3n) is 6.88. The van der Waals surface area contributed by atoms with Gasteiger partial charge in [-0.05, 0) is 59.4 Å². The fourth-order valence-electron chi connectivity index (χ4n) is 5.01. The molecular formula is C25H28O3S. The van der Waals surface area contributed by atoms with Crippen LogP contribution >= 0.6 is 11.8 Å². The Balaban J connectivity index is 1.48. The molecule has 2 aromatic rings. The number of thioether (sulfide) groups is 1. The SMILES string of the molecule is COc1ccc(COC2C(=O)C3(/C=C/Sc4ccccc4)CCC2C3(C)C)cc1. The summed E-state index contributed by atoms with van der Waals surface area (Å²) in [7, 11) is 1.66. The van der Waals surface area contributed by atoms with Gasteiger partial charge in [-0.15, -0.1) is 0 Å². The summed E-state index contributed by atoms with van der Waals surface area (Å²) in [5, 5.41) is 2.10. The summed E-state index contributed by atoms with van der Waals surface area (Å²) in [5.74, 6) is 1.34. The highest BCUT2D eigenvalue weighted by molar-refractivity contribution is 8.02. The van der Waals surface area contributed by atoms with Gasteiger partial charge in [0.15, 0.2) is 5.78 Å². The van der Waals surface area contributed by atoms with E-state index in [1.54, 1.807) is 18.9 Å². The van der Waals surface area contributed by atoms with Crippen LogP contribution in [0.4, 0.5) is 0 Å². The van der Waals surface area contributed by atoms with Crippen molar-refractivity contribution in [1.29, 1.82) is 0 Å². The Morgan fingerprint density at radius 2 is 1.83 bits per heavy atom. The van der Waals surface area contributed by atoms with E-state index in [9.17, 15) is 4.79 Å². The van der Waals surface area contributed by atoms with E-state index < -0.39 is 5.41 Å². The summed E-state index contributed by atoms with van der Waals surface area (Å²) in [6.45, 7) is 4.92. The number of ether oxygens (including phenoxy) is 2. The molecule has 2 aliphatic carbocycles. The van der Waals surface area contributed by atoms with Gasteiger partial charge in [0, 0.05) is 4.90 Å². The zero-order valence-electron chi connectivity index (χ0n) is 17.3. The molecule has 2 saturated carbocycles. The molecule has 0 aliphatic heterocycles. The van der Waals surface area contributed by atoms with Crippen LogP contribution < -0.4 is 4.74 Å².